The van der Waals surface area contributed by atoms with Gasteiger partial charge in [0.2, 0.25) is 15.9 Å². The molecule has 1 amide bonds. The van der Waals surface area contributed by atoms with Gasteiger partial charge in [-0.1, -0.05) is 32.9 Å². The molecule has 0 aliphatic carbocycles. The van der Waals surface area contributed by atoms with Crippen LogP contribution in [-0.4, -0.2) is 62.9 Å². The molecule has 146 valence electrons. The van der Waals surface area contributed by atoms with Crippen LogP contribution < -0.4 is 0 Å². The third-order valence-corrected chi connectivity index (χ3v) is 6.73. The van der Waals surface area contributed by atoms with E-state index in [1.807, 2.05) is 19.1 Å². The van der Waals surface area contributed by atoms with Gasteiger partial charge < -0.3 is 9.64 Å². The van der Waals surface area contributed by atoms with E-state index >= 15 is 0 Å². The van der Waals surface area contributed by atoms with E-state index in [0.29, 0.717) is 37.5 Å². The molecule has 1 fully saturated rings. The Bertz CT molecular complexity index is 715. The first-order chi connectivity index (χ1) is 12.1. The van der Waals surface area contributed by atoms with Gasteiger partial charge in [-0.15, -0.1) is 0 Å². The summed E-state index contributed by atoms with van der Waals surface area (Å²) in [4.78, 5) is 14.2. The Morgan fingerprint density at radius 3 is 2.12 bits per heavy atom. The van der Waals surface area contributed by atoms with Crippen LogP contribution in [0.2, 0.25) is 0 Å². The Labute approximate surface area is 157 Å². The molecule has 0 bridgehead atoms. The van der Waals surface area contributed by atoms with Crippen LogP contribution in [0.25, 0.3) is 0 Å². The quantitative estimate of drug-likeness (QED) is 0.783. The van der Waals surface area contributed by atoms with Crippen molar-refractivity contribution in [3.8, 4) is 0 Å². The Morgan fingerprint density at radius 1 is 1.12 bits per heavy atom. The van der Waals surface area contributed by atoms with E-state index < -0.39 is 10.0 Å². The van der Waals surface area contributed by atoms with Crippen molar-refractivity contribution in [2.45, 2.75) is 50.5 Å². The second-order valence-corrected chi connectivity index (χ2v) is 9.75. The number of methoxy groups -OCH3 is 1. The molecule has 6 nitrogen and oxygen atoms in total. The number of benzene rings is 1. The molecule has 1 atom stereocenters. The lowest BCUT2D eigenvalue weighted by molar-refractivity contribution is -0.134. The van der Waals surface area contributed by atoms with Gasteiger partial charge >= 0.3 is 0 Å². The minimum absolute atomic E-state index is 0.00549. The molecule has 0 spiro atoms. The van der Waals surface area contributed by atoms with Crippen molar-refractivity contribution < 1.29 is 17.9 Å². The summed E-state index contributed by atoms with van der Waals surface area (Å²) in [6.45, 7) is 9.58. The summed E-state index contributed by atoms with van der Waals surface area (Å²) in [6.07, 6.45) is 0.183. The van der Waals surface area contributed by atoms with Crippen molar-refractivity contribution in [2.75, 3.05) is 33.3 Å². The number of carbonyl (C=O) groups is 1. The lowest BCUT2D eigenvalue weighted by Gasteiger charge is -2.34. The van der Waals surface area contributed by atoms with E-state index in [-0.39, 0.29) is 17.4 Å². The summed E-state index contributed by atoms with van der Waals surface area (Å²) in [7, 11) is -1.95. The van der Waals surface area contributed by atoms with Crippen molar-refractivity contribution in [1.29, 1.82) is 0 Å². The van der Waals surface area contributed by atoms with Crippen molar-refractivity contribution in [3.05, 3.63) is 29.8 Å². The summed E-state index contributed by atoms with van der Waals surface area (Å²) in [5.74, 6) is 0.00549. The SMILES string of the molecule is COC(C)CC(=O)N1CCN(S(=O)(=O)c2ccc(C(C)(C)C)cc2)CC1. The Kier molecular flexibility index (Phi) is 6.47. The molecule has 0 aromatic heterocycles. The highest BCUT2D eigenvalue weighted by molar-refractivity contribution is 7.89. The maximum atomic E-state index is 12.9. The molecule has 1 aliphatic heterocycles. The molecule has 26 heavy (non-hydrogen) atoms. The number of carbonyl (C=O) groups excluding carboxylic acids is 1. The number of nitrogens with zero attached hydrogens (tertiary/aromatic N) is 2. The third-order valence-electron chi connectivity index (χ3n) is 4.81. The highest BCUT2D eigenvalue weighted by atomic mass is 32.2. The summed E-state index contributed by atoms with van der Waals surface area (Å²) in [5, 5.41) is 0. The van der Waals surface area contributed by atoms with Crippen LogP contribution in [0.4, 0.5) is 0 Å². The predicted molar refractivity (Wildman–Crippen MR) is 102 cm³/mol. The van der Waals surface area contributed by atoms with Crippen molar-refractivity contribution in [2.24, 2.45) is 0 Å². The van der Waals surface area contributed by atoms with Gasteiger partial charge in [-0.25, -0.2) is 8.42 Å². The molecule has 7 heteroatoms. The number of hydrogen-bond acceptors (Lipinski definition) is 4. The first-order valence-corrected chi connectivity index (χ1v) is 10.4. The van der Waals surface area contributed by atoms with Gasteiger partial charge in [-0.05, 0) is 30.0 Å². The van der Waals surface area contributed by atoms with Crippen LogP contribution in [0.15, 0.2) is 29.2 Å². The summed E-state index contributed by atoms with van der Waals surface area (Å²) in [5.41, 5.74) is 1.08. The molecule has 1 unspecified atom stereocenters. The van der Waals surface area contributed by atoms with E-state index in [0.717, 1.165) is 5.56 Å². The van der Waals surface area contributed by atoms with Crippen molar-refractivity contribution in [1.82, 2.24) is 9.21 Å². The number of ether oxygens (including phenoxy) is 1. The van der Waals surface area contributed by atoms with Gasteiger partial charge in [0.1, 0.15) is 0 Å². The molecule has 2 rings (SSSR count). The fraction of sp³-hybridized carbons (Fsp3) is 0.632. The number of hydrogen-bond donors (Lipinski definition) is 0. The summed E-state index contributed by atoms with van der Waals surface area (Å²) < 4.78 is 32.3. The first kappa shape index (κ1) is 20.9. The average molecular weight is 383 g/mol. The maximum Gasteiger partial charge on any atom is 0.243 e. The molecule has 1 aliphatic rings. The van der Waals surface area contributed by atoms with Crippen LogP contribution in [0.3, 0.4) is 0 Å². The first-order valence-electron chi connectivity index (χ1n) is 8.97. The van der Waals surface area contributed by atoms with E-state index in [2.05, 4.69) is 20.8 Å². The molecular weight excluding hydrogens is 352 g/mol. The van der Waals surface area contributed by atoms with Gasteiger partial charge in [-0.2, -0.15) is 4.31 Å². The van der Waals surface area contributed by atoms with Crippen molar-refractivity contribution >= 4 is 15.9 Å². The Morgan fingerprint density at radius 2 is 1.65 bits per heavy atom. The number of amides is 1. The van der Waals surface area contributed by atoms with Gasteiger partial charge in [0, 0.05) is 33.3 Å². The topological polar surface area (TPSA) is 66.9 Å². The van der Waals surface area contributed by atoms with Gasteiger partial charge in [0.05, 0.1) is 17.4 Å². The zero-order chi connectivity index (χ0) is 19.5. The van der Waals surface area contributed by atoms with Crippen molar-refractivity contribution in [3.63, 3.8) is 0 Å². The highest BCUT2D eigenvalue weighted by Gasteiger charge is 2.30. The molecule has 1 aromatic carbocycles. The monoisotopic (exact) mass is 382 g/mol. The fourth-order valence-corrected chi connectivity index (χ4v) is 4.33. The lowest BCUT2D eigenvalue weighted by atomic mass is 9.87. The van der Waals surface area contributed by atoms with Crippen LogP contribution >= 0.6 is 0 Å². The van der Waals surface area contributed by atoms with Crippen LogP contribution in [0, 0.1) is 0 Å². The largest absolute Gasteiger partial charge is 0.381 e. The zero-order valence-corrected chi connectivity index (χ0v) is 17.2. The molecular formula is C19H30N2O4S. The standard InChI is InChI=1S/C19H30N2O4S/c1-15(25-5)14-18(22)20-10-12-21(13-11-20)26(23,24)17-8-6-16(7-9-17)19(2,3)4/h6-9,15H,10-14H2,1-5H3. The molecule has 0 radical (unpaired) electrons. The molecule has 0 saturated carbocycles. The van der Waals surface area contributed by atoms with E-state index in [1.54, 1.807) is 24.1 Å². The van der Waals surface area contributed by atoms with Gasteiger partial charge in [-0.3, -0.25) is 4.79 Å². The van der Waals surface area contributed by atoms with Crippen LogP contribution in [-0.2, 0) is 25.0 Å². The zero-order valence-electron chi connectivity index (χ0n) is 16.4. The maximum absolute atomic E-state index is 12.9. The number of piperazine rings is 1. The van der Waals surface area contributed by atoms with E-state index in [1.165, 1.54) is 4.31 Å². The Balaban J connectivity index is 2.02. The van der Waals surface area contributed by atoms with E-state index in [4.69, 9.17) is 4.74 Å². The summed E-state index contributed by atoms with van der Waals surface area (Å²) in [6, 6.07) is 7.10. The van der Waals surface area contributed by atoms with Crippen LogP contribution in [0.5, 0.6) is 0 Å². The third kappa shape index (κ3) is 4.84. The van der Waals surface area contributed by atoms with Gasteiger partial charge in [0.25, 0.3) is 0 Å². The molecule has 1 saturated heterocycles. The molecule has 1 heterocycles. The molecule has 0 N–H and O–H groups in total. The van der Waals surface area contributed by atoms with Gasteiger partial charge in [0.15, 0.2) is 0 Å². The normalized spacial score (nSPS) is 18.0. The predicted octanol–water partition coefficient (Wildman–Crippen LogP) is 2.24. The minimum atomic E-state index is -3.53. The lowest BCUT2D eigenvalue weighted by Crippen LogP contribution is -2.50. The second-order valence-electron chi connectivity index (χ2n) is 7.81. The minimum Gasteiger partial charge on any atom is -0.381 e. The average Bonchev–Trinajstić information content (AvgIpc) is 2.61. The highest BCUT2D eigenvalue weighted by Crippen LogP contribution is 2.25. The van der Waals surface area contributed by atoms with E-state index in [9.17, 15) is 13.2 Å². The van der Waals surface area contributed by atoms with Crippen LogP contribution in [0.1, 0.15) is 39.7 Å². The number of sulfonamides is 1. The summed E-state index contributed by atoms with van der Waals surface area (Å²) >= 11 is 0. The number of rotatable bonds is 5. The fourth-order valence-electron chi connectivity index (χ4n) is 2.91. The second kappa shape index (κ2) is 8.06. The smallest absolute Gasteiger partial charge is 0.243 e. The molecule has 1 aromatic rings. The Hall–Kier alpha value is -1.44.